The van der Waals surface area contributed by atoms with E-state index in [4.69, 9.17) is 0 Å². The predicted molar refractivity (Wildman–Crippen MR) is 128 cm³/mol. The lowest BCUT2D eigenvalue weighted by Crippen LogP contribution is -2.25. The van der Waals surface area contributed by atoms with Crippen molar-refractivity contribution in [1.29, 1.82) is 0 Å². The summed E-state index contributed by atoms with van der Waals surface area (Å²) in [7, 11) is 0. The van der Waals surface area contributed by atoms with Crippen LogP contribution in [0.15, 0.2) is 41.3 Å². The Kier molecular flexibility index (Phi) is 8.51. The lowest BCUT2D eigenvalue weighted by Gasteiger charge is -2.09. The first-order valence-corrected chi connectivity index (χ1v) is 11.2. The van der Waals surface area contributed by atoms with Crippen molar-refractivity contribution in [3.63, 3.8) is 0 Å². The van der Waals surface area contributed by atoms with Crippen LogP contribution in [0, 0.1) is 6.92 Å². The molecule has 0 saturated carbocycles. The molecule has 0 aliphatic heterocycles. The minimum atomic E-state index is -0.252. The van der Waals surface area contributed by atoms with E-state index in [9.17, 15) is 14.4 Å². The van der Waals surface area contributed by atoms with Gasteiger partial charge >= 0.3 is 0 Å². The van der Waals surface area contributed by atoms with Crippen molar-refractivity contribution in [2.24, 2.45) is 0 Å². The Labute approximate surface area is 192 Å². The molecule has 0 unspecified atom stereocenters. The van der Waals surface area contributed by atoms with Gasteiger partial charge in [-0.1, -0.05) is 6.92 Å². The van der Waals surface area contributed by atoms with Crippen LogP contribution in [0.1, 0.15) is 54.4 Å². The second kappa shape index (κ2) is 11.8. The zero-order chi connectivity index (χ0) is 23.6. The number of nitrogens with one attached hydrogen (secondary N) is 4. The number of hydrogen-bond donors (Lipinski definition) is 4. The van der Waals surface area contributed by atoms with Gasteiger partial charge in [-0.3, -0.25) is 19.4 Å². The average molecular weight is 451 g/mol. The number of amides is 2. The third kappa shape index (κ3) is 7.13. The summed E-state index contributed by atoms with van der Waals surface area (Å²) < 4.78 is 0. The van der Waals surface area contributed by atoms with Gasteiger partial charge in [-0.2, -0.15) is 0 Å². The van der Waals surface area contributed by atoms with E-state index in [0.29, 0.717) is 48.3 Å². The number of aromatic amines is 1. The zero-order valence-electron chi connectivity index (χ0n) is 19.0. The Morgan fingerprint density at radius 1 is 1.03 bits per heavy atom. The minimum absolute atomic E-state index is 0.0664. The van der Waals surface area contributed by atoms with Crippen molar-refractivity contribution in [2.45, 2.75) is 46.1 Å². The van der Waals surface area contributed by atoms with E-state index in [1.807, 2.05) is 19.1 Å². The molecule has 0 aliphatic carbocycles. The van der Waals surface area contributed by atoms with Gasteiger partial charge in [0, 0.05) is 36.5 Å². The first-order valence-electron chi connectivity index (χ1n) is 11.2. The highest BCUT2D eigenvalue weighted by molar-refractivity contribution is 5.94. The van der Waals surface area contributed by atoms with Crippen LogP contribution >= 0.6 is 0 Å². The molecule has 3 rings (SSSR count). The molecule has 2 heterocycles. The monoisotopic (exact) mass is 450 g/mol. The third-order valence-corrected chi connectivity index (χ3v) is 5.13. The van der Waals surface area contributed by atoms with E-state index in [0.717, 1.165) is 30.6 Å². The smallest absolute Gasteiger partial charge is 0.276 e. The molecule has 9 heteroatoms. The van der Waals surface area contributed by atoms with E-state index in [1.54, 1.807) is 31.3 Å². The quantitative estimate of drug-likeness (QED) is 0.333. The number of aromatic nitrogens is 3. The fraction of sp³-hybridized carbons (Fsp3) is 0.375. The van der Waals surface area contributed by atoms with Gasteiger partial charge in [-0.05, 0) is 56.5 Å². The van der Waals surface area contributed by atoms with Gasteiger partial charge in [0.25, 0.3) is 11.5 Å². The number of aryl methyl sites for hydroxylation is 1. The Balaban J connectivity index is 1.42. The fourth-order valence-corrected chi connectivity index (χ4v) is 3.29. The molecular formula is C24H30N6O3. The second-order valence-electron chi connectivity index (χ2n) is 7.83. The highest BCUT2D eigenvalue weighted by Gasteiger charge is 2.07. The highest BCUT2D eigenvalue weighted by atomic mass is 16.2. The van der Waals surface area contributed by atoms with Gasteiger partial charge in [0.1, 0.15) is 0 Å². The van der Waals surface area contributed by atoms with Crippen LogP contribution in [0.3, 0.4) is 0 Å². The number of anilines is 1. The topological polar surface area (TPSA) is 129 Å². The first kappa shape index (κ1) is 23.9. The van der Waals surface area contributed by atoms with Crippen LogP contribution in [0.4, 0.5) is 5.69 Å². The number of nitrogens with zero attached hydrogens (tertiary/aromatic N) is 2. The number of carbonyl (C=O) groups is 2. The number of benzene rings is 1. The summed E-state index contributed by atoms with van der Waals surface area (Å²) in [6.45, 7) is 5.31. The number of hydrogen-bond acceptors (Lipinski definition) is 6. The van der Waals surface area contributed by atoms with Gasteiger partial charge in [0.2, 0.25) is 5.91 Å². The average Bonchev–Trinajstić information content (AvgIpc) is 2.82. The van der Waals surface area contributed by atoms with Crippen molar-refractivity contribution in [1.82, 2.24) is 25.6 Å². The summed E-state index contributed by atoms with van der Waals surface area (Å²) in [6, 6.07) is 8.97. The molecule has 9 nitrogen and oxygen atoms in total. The maximum absolute atomic E-state index is 12.3. The van der Waals surface area contributed by atoms with Gasteiger partial charge in [0.15, 0.2) is 5.52 Å². The number of rotatable bonds is 11. The number of pyridine rings is 1. The van der Waals surface area contributed by atoms with Crippen LogP contribution in [0.2, 0.25) is 0 Å². The Morgan fingerprint density at radius 3 is 2.48 bits per heavy atom. The first-order chi connectivity index (χ1) is 16.0. The van der Waals surface area contributed by atoms with Crippen LogP contribution in [0.5, 0.6) is 0 Å². The molecule has 0 spiro atoms. The van der Waals surface area contributed by atoms with E-state index >= 15 is 0 Å². The summed E-state index contributed by atoms with van der Waals surface area (Å²) in [5.74, 6) is -0.0486. The van der Waals surface area contributed by atoms with Crippen LogP contribution < -0.4 is 21.5 Å². The molecule has 1 aromatic carbocycles. The summed E-state index contributed by atoms with van der Waals surface area (Å²) >= 11 is 0. The fourth-order valence-electron chi connectivity index (χ4n) is 3.29. The van der Waals surface area contributed by atoms with Gasteiger partial charge < -0.3 is 20.9 Å². The van der Waals surface area contributed by atoms with Gasteiger partial charge in [-0.15, -0.1) is 0 Å². The lowest BCUT2D eigenvalue weighted by atomic mass is 10.2. The van der Waals surface area contributed by atoms with Crippen molar-refractivity contribution in [2.75, 3.05) is 18.4 Å². The number of carbonyl (C=O) groups excluding carboxylic acids is 2. The van der Waals surface area contributed by atoms with Gasteiger partial charge in [-0.25, -0.2) is 4.98 Å². The van der Waals surface area contributed by atoms with Gasteiger partial charge in [0.05, 0.1) is 24.0 Å². The molecule has 2 amide bonds. The molecule has 0 radical (unpaired) electrons. The van der Waals surface area contributed by atoms with E-state index in [-0.39, 0.29) is 17.4 Å². The predicted octanol–water partition coefficient (Wildman–Crippen LogP) is 2.66. The molecule has 4 N–H and O–H groups in total. The lowest BCUT2D eigenvalue weighted by molar-refractivity contribution is -0.120. The molecule has 3 aromatic rings. The molecular weight excluding hydrogens is 420 g/mol. The Bertz CT molecular complexity index is 1160. The van der Waals surface area contributed by atoms with Crippen molar-refractivity contribution < 1.29 is 9.59 Å². The zero-order valence-corrected chi connectivity index (χ0v) is 19.0. The molecule has 2 aromatic heterocycles. The second-order valence-corrected chi connectivity index (χ2v) is 7.83. The van der Waals surface area contributed by atoms with Crippen molar-refractivity contribution in [3.8, 4) is 0 Å². The summed E-state index contributed by atoms with van der Waals surface area (Å²) in [5.41, 5.74) is 3.44. The SMILES string of the molecule is CCC(=O)NCCCCCNC(=O)c1ccc(NCc2cnc3cc(C)[nH]c(=O)c3n2)cc1. The van der Waals surface area contributed by atoms with E-state index < -0.39 is 0 Å². The standard InChI is InChI=1S/C24H30N6O3/c1-3-21(31)25-11-5-4-6-12-26-23(32)17-7-9-18(10-8-17)27-14-19-15-28-20-13-16(2)29-24(33)22(20)30-19/h7-10,13,15,27H,3-6,11-12,14H2,1-2H3,(H,25,31)(H,26,32)(H,29,33). The molecule has 33 heavy (non-hydrogen) atoms. The molecule has 0 saturated heterocycles. The third-order valence-electron chi connectivity index (χ3n) is 5.13. The number of fused-ring (bicyclic) bond motifs is 1. The Hall–Kier alpha value is -3.75. The summed E-state index contributed by atoms with van der Waals surface area (Å²) in [5, 5.41) is 8.99. The maximum Gasteiger partial charge on any atom is 0.276 e. The Morgan fingerprint density at radius 2 is 1.76 bits per heavy atom. The summed E-state index contributed by atoms with van der Waals surface area (Å²) in [4.78, 5) is 47.0. The van der Waals surface area contributed by atoms with Crippen molar-refractivity contribution >= 4 is 28.5 Å². The normalized spacial score (nSPS) is 10.7. The van der Waals surface area contributed by atoms with Crippen molar-refractivity contribution in [3.05, 3.63) is 63.8 Å². The minimum Gasteiger partial charge on any atom is -0.379 e. The number of unbranched alkanes of at least 4 members (excludes halogenated alkanes) is 2. The van der Waals surface area contributed by atoms with Crippen LogP contribution in [-0.4, -0.2) is 39.9 Å². The molecule has 0 aliphatic rings. The summed E-state index contributed by atoms with van der Waals surface area (Å²) in [6.07, 6.45) is 4.85. The van der Waals surface area contributed by atoms with Crippen LogP contribution in [-0.2, 0) is 11.3 Å². The highest BCUT2D eigenvalue weighted by Crippen LogP contribution is 2.12. The molecule has 0 atom stereocenters. The van der Waals surface area contributed by atoms with E-state index in [1.165, 1.54) is 0 Å². The molecule has 0 fully saturated rings. The van der Waals surface area contributed by atoms with E-state index in [2.05, 4.69) is 30.9 Å². The maximum atomic E-state index is 12.3. The molecule has 0 bridgehead atoms. The van der Waals surface area contributed by atoms with Crippen LogP contribution in [0.25, 0.3) is 11.0 Å². The number of H-pyrrole nitrogens is 1. The largest absolute Gasteiger partial charge is 0.379 e. The molecule has 174 valence electrons.